The van der Waals surface area contributed by atoms with Crippen molar-refractivity contribution in [3.05, 3.63) is 92.5 Å². The van der Waals surface area contributed by atoms with E-state index in [4.69, 9.17) is 37.4 Å². The van der Waals surface area contributed by atoms with E-state index in [1.165, 1.54) is 12.7 Å². The highest BCUT2D eigenvalue weighted by molar-refractivity contribution is 6.42. The van der Waals surface area contributed by atoms with Crippen LogP contribution in [0.5, 0.6) is 11.5 Å². The van der Waals surface area contributed by atoms with Crippen LogP contribution in [0.25, 0.3) is 0 Å². The summed E-state index contributed by atoms with van der Waals surface area (Å²) in [5.74, 6) is 1.43. The number of esters is 1. The van der Waals surface area contributed by atoms with Gasteiger partial charge < -0.3 is 19.5 Å². The van der Waals surface area contributed by atoms with Gasteiger partial charge in [0.25, 0.3) is 0 Å². The smallest absolute Gasteiger partial charge is 0.323 e. The van der Waals surface area contributed by atoms with E-state index in [0.29, 0.717) is 29.6 Å². The number of ether oxygens (including phenoxy) is 3. The summed E-state index contributed by atoms with van der Waals surface area (Å²) in [6, 6.07) is 17.5. The van der Waals surface area contributed by atoms with Gasteiger partial charge in [0.2, 0.25) is 0 Å². The molecular formula is C28H28Cl2N2O4. The number of fused-ring (bicyclic) bond motifs is 2. The zero-order valence-corrected chi connectivity index (χ0v) is 21.7. The maximum atomic E-state index is 12.0. The summed E-state index contributed by atoms with van der Waals surface area (Å²) < 4.78 is 17.4. The van der Waals surface area contributed by atoms with Crippen LogP contribution in [0, 0.1) is 0 Å². The Morgan fingerprint density at radius 3 is 2.61 bits per heavy atom. The molecule has 6 nitrogen and oxygen atoms in total. The van der Waals surface area contributed by atoms with Crippen LogP contribution in [0.1, 0.15) is 33.9 Å². The fraction of sp³-hybridized carbons (Fsp3) is 0.321. The van der Waals surface area contributed by atoms with Gasteiger partial charge in [-0.2, -0.15) is 0 Å². The predicted octanol–water partition coefficient (Wildman–Crippen LogP) is 5.33. The first-order valence-electron chi connectivity index (χ1n) is 11.9. The van der Waals surface area contributed by atoms with Crippen LogP contribution in [-0.2, 0) is 35.6 Å². The fourth-order valence-corrected chi connectivity index (χ4v) is 5.04. The molecule has 3 aromatic carbocycles. The van der Waals surface area contributed by atoms with E-state index in [-0.39, 0.29) is 18.1 Å². The molecule has 2 aliphatic rings. The van der Waals surface area contributed by atoms with Crippen molar-refractivity contribution in [2.45, 2.75) is 38.3 Å². The zero-order valence-electron chi connectivity index (χ0n) is 20.2. The Balaban J connectivity index is 1.29. The molecule has 36 heavy (non-hydrogen) atoms. The average molecular weight is 527 g/mol. The predicted molar refractivity (Wildman–Crippen MR) is 140 cm³/mol. The molecule has 0 radical (unpaired) electrons. The van der Waals surface area contributed by atoms with Crippen molar-refractivity contribution < 1.29 is 19.0 Å². The number of carbonyl (C=O) groups is 1. The Bertz CT molecular complexity index is 1270. The molecule has 1 N–H and O–H groups in total. The summed E-state index contributed by atoms with van der Waals surface area (Å²) in [5, 5.41) is 4.31. The van der Waals surface area contributed by atoms with E-state index in [9.17, 15) is 4.79 Å². The van der Waals surface area contributed by atoms with E-state index in [1.807, 2.05) is 24.3 Å². The van der Waals surface area contributed by atoms with Crippen molar-refractivity contribution in [3.8, 4) is 11.5 Å². The fourth-order valence-electron chi connectivity index (χ4n) is 4.72. The summed E-state index contributed by atoms with van der Waals surface area (Å²) in [5.41, 5.74) is 5.49. The Labute approximate surface area is 221 Å². The number of hydrogen-bond donors (Lipinski definition) is 1. The van der Waals surface area contributed by atoms with Crippen molar-refractivity contribution in [2.24, 2.45) is 0 Å². The molecule has 0 saturated heterocycles. The van der Waals surface area contributed by atoms with Gasteiger partial charge in [0.15, 0.2) is 0 Å². The molecule has 2 aliphatic heterocycles. The third kappa shape index (κ3) is 5.47. The third-order valence-electron chi connectivity index (χ3n) is 6.66. The van der Waals surface area contributed by atoms with E-state index in [0.717, 1.165) is 46.8 Å². The van der Waals surface area contributed by atoms with Gasteiger partial charge in [-0.3, -0.25) is 9.69 Å². The van der Waals surface area contributed by atoms with Crippen LogP contribution in [0.4, 0.5) is 0 Å². The minimum atomic E-state index is -0.310. The summed E-state index contributed by atoms with van der Waals surface area (Å²) in [6.45, 7) is 2.55. The second-order valence-corrected chi connectivity index (χ2v) is 10.1. The quantitative estimate of drug-likeness (QED) is 0.453. The van der Waals surface area contributed by atoms with Crippen LogP contribution in [0.2, 0.25) is 10.0 Å². The van der Waals surface area contributed by atoms with Crippen LogP contribution in [0.15, 0.2) is 54.6 Å². The molecule has 0 saturated carbocycles. The molecule has 3 aromatic rings. The number of rotatable bonds is 5. The van der Waals surface area contributed by atoms with Crippen molar-refractivity contribution in [1.29, 1.82) is 0 Å². The Kier molecular flexibility index (Phi) is 7.39. The second kappa shape index (κ2) is 10.7. The Morgan fingerprint density at radius 1 is 1.06 bits per heavy atom. The number of nitrogens with one attached hydrogen (secondary N) is 1. The standard InChI is InChI=1S/C28H28Cl2N2O4/c1-32-14-21-10-19-11-25(28(33)34-2)31-13-20(19)12-26(21)36-27(15-32)18-4-6-22(7-5-18)35-16-17-3-8-23(29)24(30)9-17/h3-10,12,25,27,31H,11,13-16H2,1-2H3/t25-,27+/m0/s1. The molecule has 0 unspecified atom stereocenters. The Morgan fingerprint density at radius 2 is 1.86 bits per heavy atom. The van der Waals surface area contributed by atoms with Gasteiger partial charge in [-0.05, 0) is 66.1 Å². The number of methoxy groups -OCH3 is 1. The number of hydrogen-bond acceptors (Lipinski definition) is 6. The molecule has 0 fully saturated rings. The largest absolute Gasteiger partial charge is 0.489 e. The lowest BCUT2D eigenvalue weighted by Crippen LogP contribution is -2.42. The number of carbonyl (C=O) groups excluding carboxylic acids is 1. The highest BCUT2D eigenvalue weighted by atomic mass is 35.5. The lowest BCUT2D eigenvalue weighted by atomic mass is 9.93. The van der Waals surface area contributed by atoms with E-state index >= 15 is 0 Å². The molecule has 0 aliphatic carbocycles. The number of nitrogens with zero attached hydrogens (tertiary/aromatic N) is 1. The zero-order chi connectivity index (χ0) is 25.2. The van der Waals surface area contributed by atoms with Crippen molar-refractivity contribution in [3.63, 3.8) is 0 Å². The molecule has 0 spiro atoms. The van der Waals surface area contributed by atoms with Gasteiger partial charge in [-0.15, -0.1) is 0 Å². The normalized spacial score (nSPS) is 19.4. The van der Waals surface area contributed by atoms with Crippen LogP contribution in [-0.4, -0.2) is 37.6 Å². The number of halogens is 2. The molecule has 8 heteroatoms. The minimum absolute atomic E-state index is 0.113. The molecule has 0 aromatic heterocycles. The van der Waals surface area contributed by atoms with Crippen molar-refractivity contribution in [1.82, 2.24) is 10.2 Å². The highest BCUT2D eigenvalue weighted by Gasteiger charge is 2.28. The summed E-state index contributed by atoms with van der Waals surface area (Å²) in [4.78, 5) is 14.3. The van der Waals surface area contributed by atoms with Crippen molar-refractivity contribution in [2.75, 3.05) is 20.7 Å². The van der Waals surface area contributed by atoms with Gasteiger partial charge in [0.05, 0.1) is 17.2 Å². The summed E-state index contributed by atoms with van der Waals surface area (Å²) in [7, 11) is 3.52. The molecule has 0 amide bonds. The summed E-state index contributed by atoms with van der Waals surface area (Å²) >= 11 is 12.1. The lowest BCUT2D eigenvalue weighted by molar-refractivity contribution is -0.143. The second-order valence-electron chi connectivity index (χ2n) is 9.30. The minimum Gasteiger partial charge on any atom is -0.489 e. The van der Waals surface area contributed by atoms with Gasteiger partial charge in [0, 0.05) is 25.2 Å². The molecule has 5 rings (SSSR count). The van der Waals surface area contributed by atoms with E-state index in [2.05, 4.69) is 41.5 Å². The monoisotopic (exact) mass is 526 g/mol. The topological polar surface area (TPSA) is 60.0 Å². The molecule has 2 atom stereocenters. The SMILES string of the molecule is COC(=O)[C@@H]1Cc2cc3c(cc2CN1)O[C@@H](c1ccc(OCc2ccc(Cl)c(Cl)c2)cc1)CN(C)C3. The molecule has 0 bridgehead atoms. The van der Waals surface area contributed by atoms with Crippen LogP contribution < -0.4 is 14.8 Å². The van der Waals surface area contributed by atoms with Gasteiger partial charge >= 0.3 is 5.97 Å². The molecule has 2 heterocycles. The van der Waals surface area contributed by atoms with Crippen molar-refractivity contribution >= 4 is 29.2 Å². The first-order chi connectivity index (χ1) is 17.4. The van der Waals surface area contributed by atoms with Gasteiger partial charge in [-0.1, -0.05) is 47.5 Å². The first kappa shape index (κ1) is 24.9. The van der Waals surface area contributed by atoms with Crippen LogP contribution in [0.3, 0.4) is 0 Å². The molecular weight excluding hydrogens is 499 g/mol. The average Bonchev–Trinajstić information content (AvgIpc) is 3.05. The maximum absolute atomic E-state index is 12.0. The lowest BCUT2D eigenvalue weighted by Gasteiger charge is -2.26. The molecule has 188 valence electrons. The van der Waals surface area contributed by atoms with E-state index < -0.39 is 0 Å². The maximum Gasteiger partial charge on any atom is 0.323 e. The number of benzene rings is 3. The van der Waals surface area contributed by atoms with Crippen LogP contribution >= 0.6 is 23.2 Å². The van der Waals surface area contributed by atoms with Gasteiger partial charge in [0.1, 0.15) is 30.3 Å². The Hall–Kier alpha value is -2.77. The van der Waals surface area contributed by atoms with Gasteiger partial charge in [-0.25, -0.2) is 0 Å². The first-order valence-corrected chi connectivity index (χ1v) is 12.6. The van der Waals surface area contributed by atoms with E-state index in [1.54, 1.807) is 6.07 Å². The highest BCUT2D eigenvalue weighted by Crippen LogP contribution is 2.35. The number of likely N-dealkylation sites (N-methyl/N-ethyl adjacent to an activating group) is 1. The summed E-state index contributed by atoms with van der Waals surface area (Å²) in [6.07, 6.45) is 0.504. The third-order valence-corrected chi connectivity index (χ3v) is 7.40.